The molecule has 0 aliphatic carbocycles. The van der Waals surface area contributed by atoms with Crippen LogP contribution in [0.1, 0.15) is 5.56 Å². The number of ether oxygens (including phenoxy) is 1. The second kappa shape index (κ2) is 6.54. The number of aryl methyl sites for hydroxylation is 1. The Balaban J connectivity index is 2.25. The molecule has 9 heteroatoms. The maximum absolute atomic E-state index is 12.4. The van der Waals surface area contributed by atoms with E-state index in [4.69, 9.17) is 0 Å². The summed E-state index contributed by atoms with van der Waals surface area (Å²) in [7, 11) is -3.77. The van der Waals surface area contributed by atoms with E-state index in [2.05, 4.69) is 20.1 Å². The highest BCUT2D eigenvalue weighted by Gasteiger charge is 2.28. The molecule has 1 unspecified atom stereocenters. The molecule has 2 rings (SSSR count). The highest BCUT2D eigenvalue weighted by Crippen LogP contribution is 2.30. The van der Waals surface area contributed by atoms with E-state index < -0.39 is 22.0 Å². The molecule has 0 bridgehead atoms. The van der Waals surface area contributed by atoms with Crippen LogP contribution < -0.4 is 20.1 Å². The van der Waals surface area contributed by atoms with E-state index in [0.717, 1.165) is 0 Å². The summed E-state index contributed by atoms with van der Waals surface area (Å²) in [4.78, 5) is 0. The largest absolute Gasteiger partial charge is 0.433 e. The molecule has 6 nitrogen and oxygen atoms in total. The van der Waals surface area contributed by atoms with Crippen molar-refractivity contribution in [1.29, 1.82) is 0 Å². The minimum Gasteiger partial charge on any atom is -0.433 e. The SMILES string of the molecule is Cc1cccc(OC(F)F)c1NS(=O)(=O)C1CNCCN1. The first kappa shape index (κ1) is 15.9. The van der Waals surface area contributed by atoms with E-state index in [1.807, 2.05) is 0 Å². The lowest BCUT2D eigenvalue weighted by Gasteiger charge is -2.25. The molecule has 1 aromatic rings. The number of sulfonamides is 1. The minimum atomic E-state index is -3.77. The van der Waals surface area contributed by atoms with Gasteiger partial charge in [-0.25, -0.2) is 8.42 Å². The van der Waals surface area contributed by atoms with Crippen LogP contribution in [0, 0.1) is 6.92 Å². The smallest absolute Gasteiger partial charge is 0.387 e. The second-order valence-corrected chi connectivity index (χ2v) is 6.48. The molecule has 3 N–H and O–H groups in total. The van der Waals surface area contributed by atoms with E-state index in [1.54, 1.807) is 13.0 Å². The fraction of sp³-hybridized carbons (Fsp3) is 0.500. The third-order valence-corrected chi connectivity index (χ3v) is 4.64. The van der Waals surface area contributed by atoms with Gasteiger partial charge >= 0.3 is 6.61 Å². The quantitative estimate of drug-likeness (QED) is 0.749. The highest BCUT2D eigenvalue weighted by molar-refractivity contribution is 7.93. The fourth-order valence-corrected chi connectivity index (χ4v) is 3.39. The zero-order valence-corrected chi connectivity index (χ0v) is 12.2. The second-order valence-electron chi connectivity index (χ2n) is 4.62. The van der Waals surface area contributed by atoms with Gasteiger partial charge in [-0.05, 0) is 18.6 Å². The predicted octanol–water partition coefficient (Wildman–Crippen LogP) is 0.857. The molecule has 1 aromatic carbocycles. The van der Waals surface area contributed by atoms with Gasteiger partial charge in [-0.3, -0.25) is 10.0 Å². The van der Waals surface area contributed by atoms with Crippen LogP contribution >= 0.6 is 0 Å². The van der Waals surface area contributed by atoms with Crippen LogP contribution in [0.5, 0.6) is 5.75 Å². The predicted molar refractivity (Wildman–Crippen MR) is 75.0 cm³/mol. The standard InChI is InChI=1S/C12H17F2N3O3S/c1-8-3-2-4-9(20-12(13)14)11(8)17-21(18,19)10-7-15-5-6-16-10/h2-4,10,12,15-17H,5-7H2,1H3. The van der Waals surface area contributed by atoms with Crippen molar-refractivity contribution in [3.05, 3.63) is 23.8 Å². The van der Waals surface area contributed by atoms with Gasteiger partial charge in [0.15, 0.2) is 0 Å². The maximum atomic E-state index is 12.4. The third-order valence-electron chi connectivity index (χ3n) is 3.07. The summed E-state index contributed by atoms with van der Waals surface area (Å²) in [5, 5.41) is 4.98. The zero-order valence-electron chi connectivity index (χ0n) is 11.4. The summed E-state index contributed by atoms with van der Waals surface area (Å²) in [6.45, 7) is 0.0229. The number of rotatable bonds is 5. The normalized spacial score (nSPS) is 19.5. The van der Waals surface area contributed by atoms with Gasteiger partial charge in [0.05, 0.1) is 5.69 Å². The number of alkyl halides is 2. The molecule has 0 spiro atoms. The zero-order chi connectivity index (χ0) is 15.5. The summed E-state index contributed by atoms with van der Waals surface area (Å²) in [6.07, 6.45) is 0. The fourth-order valence-electron chi connectivity index (χ4n) is 2.03. The topological polar surface area (TPSA) is 79.5 Å². The van der Waals surface area contributed by atoms with Crippen molar-refractivity contribution in [3.63, 3.8) is 0 Å². The van der Waals surface area contributed by atoms with Crippen LogP contribution in [0.15, 0.2) is 18.2 Å². The Morgan fingerprint density at radius 2 is 2.14 bits per heavy atom. The molecular formula is C12H17F2N3O3S. The van der Waals surface area contributed by atoms with Crippen LogP contribution in [-0.2, 0) is 10.0 Å². The first-order valence-corrected chi connectivity index (χ1v) is 7.95. The molecule has 0 amide bonds. The average molecular weight is 321 g/mol. The first-order valence-electron chi connectivity index (χ1n) is 6.40. The molecule has 1 aliphatic heterocycles. The van der Waals surface area contributed by atoms with Gasteiger partial charge in [0.25, 0.3) is 0 Å². The van der Waals surface area contributed by atoms with Crippen molar-refractivity contribution < 1.29 is 21.9 Å². The van der Waals surface area contributed by atoms with Crippen molar-refractivity contribution in [2.45, 2.75) is 18.9 Å². The van der Waals surface area contributed by atoms with Crippen LogP contribution in [0.4, 0.5) is 14.5 Å². The van der Waals surface area contributed by atoms with Gasteiger partial charge in [-0.1, -0.05) is 12.1 Å². The summed E-state index contributed by atoms with van der Waals surface area (Å²) in [5.41, 5.74) is 0.533. The van der Waals surface area contributed by atoms with Gasteiger partial charge < -0.3 is 10.1 Å². The number of hydrogen-bond donors (Lipinski definition) is 3. The van der Waals surface area contributed by atoms with E-state index in [-0.39, 0.29) is 18.0 Å². The lowest BCUT2D eigenvalue weighted by atomic mass is 10.2. The molecule has 0 saturated carbocycles. The number of piperazine rings is 1. The van der Waals surface area contributed by atoms with Crippen LogP contribution in [0.25, 0.3) is 0 Å². The summed E-state index contributed by atoms with van der Waals surface area (Å²) >= 11 is 0. The molecule has 1 heterocycles. The number of para-hydroxylation sites is 1. The molecule has 1 atom stereocenters. The Hall–Kier alpha value is -1.45. The number of halogens is 2. The molecule has 1 fully saturated rings. The van der Waals surface area contributed by atoms with Crippen LogP contribution in [-0.4, -0.2) is 40.0 Å². The Morgan fingerprint density at radius 3 is 2.76 bits per heavy atom. The maximum Gasteiger partial charge on any atom is 0.387 e. The van der Waals surface area contributed by atoms with Crippen molar-refractivity contribution in [1.82, 2.24) is 10.6 Å². The van der Waals surface area contributed by atoms with Gasteiger partial charge in [0, 0.05) is 19.6 Å². The lowest BCUT2D eigenvalue weighted by molar-refractivity contribution is -0.0493. The first-order chi connectivity index (χ1) is 9.90. The van der Waals surface area contributed by atoms with E-state index in [1.165, 1.54) is 12.1 Å². The summed E-state index contributed by atoms with van der Waals surface area (Å²) < 4.78 is 56.1. The van der Waals surface area contributed by atoms with Crippen LogP contribution in [0.3, 0.4) is 0 Å². The van der Waals surface area contributed by atoms with E-state index in [9.17, 15) is 17.2 Å². The molecular weight excluding hydrogens is 304 g/mol. The number of benzene rings is 1. The Labute approximate surface area is 121 Å². The minimum absolute atomic E-state index is 0.0326. The van der Waals surface area contributed by atoms with Gasteiger partial charge in [-0.15, -0.1) is 0 Å². The van der Waals surface area contributed by atoms with Crippen molar-refractivity contribution in [3.8, 4) is 5.75 Å². The van der Waals surface area contributed by atoms with Crippen LogP contribution in [0.2, 0.25) is 0 Å². The monoisotopic (exact) mass is 321 g/mol. The Bertz CT molecular complexity index is 589. The summed E-state index contributed by atoms with van der Waals surface area (Å²) in [6, 6.07) is 4.43. The average Bonchev–Trinajstić information content (AvgIpc) is 2.43. The molecule has 1 saturated heterocycles. The molecule has 118 valence electrons. The Kier molecular flexibility index (Phi) is 4.96. The molecule has 0 aromatic heterocycles. The van der Waals surface area contributed by atoms with Crippen molar-refractivity contribution in [2.75, 3.05) is 24.4 Å². The molecule has 1 aliphatic rings. The molecule has 21 heavy (non-hydrogen) atoms. The van der Waals surface area contributed by atoms with E-state index >= 15 is 0 Å². The third kappa shape index (κ3) is 4.02. The van der Waals surface area contributed by atoms with Gasteiger partial charge in [-0.2, -0.15) is 8.78 Å². The summed E-state index contributed by atoms with van der Waals surface area (Å²) in [5.74, 6) is -0.197. The number of nitrogens with one attached hydrogen (secondary N) is 3. The number of hydrogen-bond acceptors (Lipinski definition) is 5. The Morgan fingerprint density at radius 1 is 1.38 bits per heavy atom. The van der Waals surface area contributed by atoms with E-state index in [0.29, 0.717) is 18.7 Å². The highest BCUT2D eigenvalue weighted by atomic mass is 32.2. The lowest BCUT2D eigenvalue weighted by Crippen LogP contribution is -2.53. The van der Waals surface area contributed by atoms with Gasteiger partial charge in [0.1, 0.15) is 11.1 Å². The van der Waals surface area contributed by atoms with Crippen molar-refractivity contribution in [2.24, 2.45) is 0 Å². The molecule has 0 radical (unpaired) electrons. The number of anilines is 1. The van der Waals surface area contributed by atoms with Gasteiger partial charge in [0.2, 0.25) is 10.0 Å². The van der Waals surface area contributed by atoms with Crippen molar-refractivity contribution >= 4 is 15.7 Å².